The predicted octanol–water partition coefficient (Wildman–Crippen LogP) is 1.30. The van der Waals surface area contributed by atoms with E-state index in [1.54, 1.807) is 16.7 Å². The molecular formula is C26H38N6O5Si. The van der Waals surface area contributed by atoms with Gasteiger partial charge in [0.1, 0.15) is 12.8 Å². The second-order valence-electron chi connectivity index (χ2n) is 11.6. The van der Waals surface area contributed by atoms with Gasteiger partial charge in [-0.2, -0.15) is 0 Å². The number of aromatic nitrogens is 2. The molecule has 1 saturated heterocycles. The highest BCUT2D eigenvalue weighted by molar-refractivity contribution is 6.76. The minimum atomic E-state index is -1.31. The van der Waals surface area contributed by atoms with Crippen LogP contribution in [0.5, 0.6) is 0 Å². The molecule has 12 heteroatoms. The van der Waals surface area contributed by atoms with Crippen LogP contribution in [-0.4, -0.2) is 97.8 Å². The van der Waals surface area contributed by atoms with Crippen molar-refractivity contribution in [2.75, 3.05) is 58.0 Å². The Morgan fingerprint density at radius 1 is 1.05 bits per heavy atom. The number of likely N-dealkylation sites (N-methyl/N-ethyl adjacent to an activating group) is 1. The molecule has 0 spiro atoms. The van der Waals surface area contributed by atoms with E-state index in [1.165, 1.54) is 4.57 Å². The normalized spacial score (nSPS) is 20.1. The molecule has 3 aliphatic rings. The van der Waals surface area contributed by atoms with Crippen LogP contribution < -0.4 is 15.9 Å². The van der Waals surface area contributed by atoms with Gasteiger partial charge in [-0.05, 0) is 31.6 Å². The molecule has 3 aliphatic heterocycles. The van der Waals surface area contributed by atoms with Gasteiger partial charge in [-0.25, -0.2) is 4.79 Å². The van der Waals surface area contributed by atoms with E-state index in [-0.39, 0.29) is 37.1 Å². The largest absolute Gasteiger partial charge is 0.366 e. The van der Waals surface area contributed by atoms with Crippen LogP contribution in [-0.2, 0) is 20.9 Å². The van der Waals surface area contributed by atoms with Crippen molar-refractivity contribution in [2.45, 2.75) is 51.1 Å². The molecule has 206 valence electrons. The van der Waals surface area contributed by atoms with Crippen LogP contribution in [0.4, 0.5) is 5.69 Å². The van der Waals surface area contributed by atoms with Crippen LogP contribution in [0.1, 0.15) is 29.2 Å². The fraction of sp³-hybridized carbons (Fsp3) is 0.615. The summed E-state index contributed by atoms with van der Waals surface area (Å²) in [6.07, 6.45) is 0.433. The van der Waals surface area contributed by atoms with E-state index in [4.69, 9.17) is 4.74 Å². The number of imide groups is 1. The Labute approximate surface area is 223 Å². The summed E-state index contributed by atoms with van der Waals surface area (Å²) in [5.41, 5.74) is 2.41. The lowest BCUT2D eigenvalue weighted by Crippen LogP contribution is -2.48. The van der Waals surface area contributed by atoms with Crippen molar-refractivity contribution in [3.63, 3.8) is 0 Å². The maximum Gasteiger partial charge on any atom is 0.329 e. The molecule has 11 nitrogen and oxygen atoms in total. The molecule has 1 atom stereocenters. The highest BCUT2D eigenvalue weighted by Crippen LogP contribution is 2.37. The van der Waals surface area contributed by atoms with E-state index in [2.05, 4.69) is 29.9 Å². The van der Waals surface area contributed by atoms with Gasteiger partial charge in [0.2, 0.25) is 5.91 Å². The van der Waals surface area contributed by atoms with E-state index in [1.807, 2.05) is 11.9 Å². The van der Waals surface area contributed by atoms with E-state index in [9.17, 15) is 19.2 Å². The molecule has 0 radical (unpaired) electrons. The molecule has 1 N–H and O–H groups in total. The van der Waals surface area contributed by atoms with Crippen molar-refractivity contribution >= 4 is 42.5 Å². The number of rotatable bonds is 9. The first-order valence-electron chi connectivity index (χ1n) is 13.5. The lowest BCUT2D eigenvalue weighted by molar-refractivity contribution is -0.157. The SMILES string of the molecule is CNCCN1CCN2CCn3c(=O)n(C4CCC(=O)N(COCC[Si](C)(C)C)C4=O)c4ccc(c2c43)C1=O. The van der Waals surface area contributed by atoms with E-state index in [0.717, 1.165) is 16.6 Å². The van der Waals surface area contributed by atoms with E-state index < -0.39 is 20.0 Å². The third kappa shape index (κ3) is 4.69. The van der Waals surface area contributed by atoms with Gasteiger partial charge < -0.3 is 19.9 Å². The number of carbonyl (C=O) groups is 3. The third-order valence-corrected chi connectivity index (χ3v) is 9.51. The van der Waals surface area contributed by atoms with Crippen LogP contribution in [0.15, 0.2) is 16.9 Å². The highest BCUT2D eigenvalue weighted by atomic mass is 28.3. The van der Waals surface area contributed by atoms with Crippen molar-refractivity contribution in [3.8, 4) is 0 Å². The lowest BCUT2D eigenvalue weighted by atomic mass is 10.0. The van der Waals surface area contributed by atoms with Crippen molar-refractivity contribution in [2.24, 2.45) is 0 Å². The van der Waals surface area contributed by atoms with Crippen molar-refractivity contribution in [1.29, 1.82) is 0 Å². The van der Waals surface area contributed by atoms with Gasteiger partial charge in [0, 0.05) is 60.4 Å². The van der Waals surface area contributed by atoms with Crippen LogP contribution in [0.2, 0.25) is 25.7 Å². The molecule has 1 fully saturated rings. The molecule has 2 aromatic rings. The standard InChI is InChI=1S/C26H38N6O5Si/c1-27-9-10-29-12-11-28-13-14-30-23-19(6-5-18(22(23)28)24(29)34)32(26(30)36)20-7-8-21(33)31(25(20)35)17-37-15-16-38(2,3)4/h5-6,20,27H,7-17H2,1-4H3. The zero-order valence-electron chi connectivity index (χ0n) is 22.8. The van der Waals surface area contributed by atoms with Crippen LogP contribution in [0.3, 0.4) is 0 Å². The molecule has 4 heterocycles. The molecule has 1 aromatic heterocycles. The van der Waals surface area contributed by atoms with E-state index >= 15 is 0 Å². The smallest absolute Gasteiger partial charge is 0.329 e. The number of likely N-dealkylation sites (tertiary alicyclic amines) is 1. The van der Waals surface area contributed by atoms with Gasteiger partial charge in [-0.1, -0.05) is 19.6 Å². The summed E-state index contributed by atoms with van der Waals surface area (Å²) in [4.78, 5) is 58.6. The van der Waals surface area contributed by atoms with Gasteiger partial charge >= 0.3 is 5.69 Å². The van der Waals surface area contributed by atoms with E-state index in [0.29, 0.717) is 62.5 Å². The molecule has 0 bridgehead atoms. The minimum Gasteiger partial charge on any atom is -0.366 e. The maximum atomic E-state index is 13.7. The number of amides is 3. The summed E-state index contributed by atoms with van der Waals surface area (Å²) in [5.74, 6) is -0.724. The Hall–Kier alpha value is -2.96. The Balaban J connectivity index is 1.49. The number of benzene rings is 1. The number of imidazole rings is 1. The Bertz CT molecular complexity index is 1330. The number of nitrogens with zero attached hydrogens (tertiary/aromatic N) is 5. The first kappa shape index (κ1) is 26.6. The summed E-state index contributed by atoms with van der Waals surface area (Å²) in [7, 11) is 0.556. The van der Waals surface area contributed by atoms with Gasteiger partial charge in [0.05, 0.1) is 22.3 Å². The summed E-state index contributed by atoms with van der Waals surface area (Å²) in [6.45, 7) is 10.8. The fourth-order valence-corrected chi connectivity index (χ4v) is 6.38. The first-order chi connectivity index (χ1) is 18.1. The van der Waals surface area contributed by atoms with Crippen LogP contribution >= 0.6 is 0 Å². The second-order valence-corrected chi connectivity index (χ2v) is 17.2. The lowest BCUT2D eigenvalue weighted by Gasteiger charge is -2.31. The fourth-order valence-electron chi connectivity index (χ4n) is 5.62. The Morgan fingerprint density at radius 3 is 2.55 bits per heavy atom. The van der Waals surface area contributed by atoms with Gasteiger partial charge in [-0.15, -0.1) is 0 Å². The van der Waals surface area contributed by atoms with Crippen LogP contribution in [0, 0.1) is 0 Å². The quantitative estimate of drug-likeness (QED) is 0.289. The average Bonchev–Trinajstić information content (AvgIpc) is 3.07. The number of piperidine rings is 1. The third-order valence-electron chi connectivity index (χ3n) is 7.81. The van der Waals surface area contributed by atoms with Gasteiger partial charge in [0.25, 0.3) is 11.8 Å². The Morgan fingerprint density at radius 2 is 1.82 bits per heavy atom. The predicted molar refractivity (Wildman–Crippen MR) is 147 cm³/mol. The van der Waals surface area contributed by atoms with Crippen LogP contribution in [0.25, 0.3) is 11.0 Å². The van der Waals surface area contributed by atoms with Crippen molar-refractivity contribution < 1.29 is 19.1 Å². The number of anilines is 1. The minimum absolute atomic E-state index is 0.0470. The summed E-state index contributed by atoms with van der Waals surface area (Å²) < 4.78 is 8.97. The molecular weight excluding hydrogens is 504 g/mol. The second kappa shape index (κ2) is 10.3. The molecule has 0 saturated carbocycles. The Kier molecular flexibility index (Phi) is 7.22. The number of hydrogen-bond donors (Lipinski definition) is 1. The zero-order valence-corrected chi connectivity index (χ0v) is 23.8. The number of nitrogens with one attached hydrogen (secondary N) is 1. The molecule has 38 heavy (non-hydrogen) atoms. The van der Waals surface area contributed by atoms with Gasteiger partial charge in [0.15, 0.2) is 0 Å². The van der Waals surface area contributed by atoms with Gasteiger partial charge in [-0.3, -0.25) is 28.4 Å². The monoisotopic (exact) mass is 542 g/mol. The maximum absolute atomic E-state index is 13.7. The highest BCUT2D eigenvalue weighted by Gasteiger charge is 2.40. The summed E-state index contributed by atoms with van der Waals surface area (Å²) in [6, 6.07) is 3.72. The molecule has 1 aromatic carbocycles. The molecule has 3 amide bonds. The molecule has 0 aliphatic carbocycles. The number of carbonyl (C=O) groups excluding carboxylic acids is 3. The summed E-state index contributed by atoms with van der Waals surface area (Å²) in [5, 5.41) is 3.10. The van der Waals surface area contributed by atoms with Crippen molar-refractivity contribution in [1.82, 2.24) is 24.3 Å². The number of ether oxygens (including phenoxy) is 1. The zero-order chi connectivity index (χ0) is 27.2. The topological polar surface area (TPSA) is 109 Å². The summed E-state index contributed by atoms with van der Waals surface area (Å²) >= 11 is 0. The van der Waals surface area contributed by atoms with Crippen molar-refractivity contribution in [3.05, 3.63) is 28.2 Å². The molecule has 5 rings (SSSR count). The molecule has 1 unspecified atom stereocenters. The number of hydrogen-bond acceptors (Lipinski definition) is 7. The first-order valence-corrected chi connectivity index (χ1v) is 17.2. The average molecular weight is 543 g/mol.